The zero-order chi connectivity index (χ0) is 14.2. The van der Waals surface area contributed by atoms with Gasteiger partial charge in [0.15, 0.2) is 0 Å². The lowest BCUT2D eigenvalue weighted by Gasteiger charge is -2.11. The molecule has 0 saturated heterocycles. The molecule has 1 aromatic carbocycles. The largest absolute Gasteiger partial charge is 0.475 e. The zero-order valence-corrected chi connectivity index (χ0v) is 11.5. The fraction of sp³-hybridized carbons (Fsp3) is 0.267. The van der Waals surface area contributed by atoms with Gasteiger partial charge in [-0.2, -0.15) is 0 Å². The van der Waals surface area contributed by atoms with Crippen molar-refractivity contribution >= 4 is 5.97 Å². The summed E-state index contributed by atoms with van der Waals surface area (Å²) in [6.07, 6.45) is 0. The maximum absolute atomic E-state index is 11.0. The van der Waals surface area contributed by atoms with Crippen molar-refractivity contribution in [1.29, 1.82) is 0 Å². The molecule has 0 aliphatic rings. The maximum Gasteiger partial charge on any atom is 0.373 e. The molecule has 0 atom stereocenters. The number of rotatable bonds is 2. The molecule has 0 aliphatic heterocycles. The Morgan fingerprint density at radius 1 is 1.05 bits per heavy atom. The zero-order valence-electron chi connectivity index (χ0n) is 11.5. The van der Waals surface area contributed by atoms with E-state index in [1.54, 1.807) is 6.92 Å². The Bertz CT molecular complexity index is 663. The molecule has 1 N–H and O–H groups in total. The van der Waals surface area contributed by atoms with E-state index in [1.165, 1.54) is 11.1 Å². The van der Waals surface area contributed by atoms with Crippen LogP contribution < -0.4 is 0 Å². The molecule has 1 heterocycles. The highest BCUT2D eigenvalue weighted by Crippen LogP contribution is 2.26. The first-order valence-electron chi connectivity index (χ1n) is 6.06. The van der Waals surface area contributed by atoms with E-state index < -0.39 is 5.97 Å². The Kier molecular flexibility index (Phi) is 3.34. The molecule has 0 unspecified atom stereocenters. The minimum absolute atomic E-state index is 0.160. The number of aryl methyl sites for hydroxylation is 2. The fourth-order valence-corrected chi connectivity index (χ4v) is 2.04. The Morgan fingerprint density at radius 2 is 1.74 bits per heavy atom. The van der Waals surface area contributed by atoms with Crippen LogP contribution in [0.25, 0.3) is 11.3 Å². The summed E-state index contributed by atoms with van der Waals surface area (Å²) < 4.78 is 0. The molecule has 1 aromatic heterocycles. The summed E-state index contributed by atoms with van der Waals surface area (Å²) in [5, 5.41) is 9.02. The first-order chi connectivity index (χ1) is 8.90. The van der Waals surface area contributed by atoms with Gasteiger partial charge in [0.25, 0.3) is 0 Å². The van der Waals surface area contributed by atoms with Gasteiger partial charge in [-0.15, -0.1) is 0 Å². The Balaban J connectivity index is 2.65. The smallest absolute Gasteiger partial charge is 0.373 e. The topological polar surface area (TPSA) is 63.1 Å². The lowest BCUT2D eigenvalue weighted by Crippen LogP contribution is -2.06. The van der Waals surface area contributed by atoms with Crippen LogP contribution in [0.2, 0.25) is 0 Å². The molecular formula is C15H16N2O2. The van der Waals surface area contributed by atoms with Gasteiger partial charge in [-0.05, 0) is 50.5 Å². The third kappa shape index (κ3) is 2.47. The van der Waals surface area contributed by atoms with Gasteiger partial charge in [0.2, 0.25) is 5.82 Å². The first kappa shape index (κ1) is 13.2. The normalized spacial score (nSPS) is 10.5. The Morgan fingerprint density at radius 3 is 2.37 bits per heavy atom. The van der Waals surface area contributed by atoms with Gasteiger partial charge in [-0.25, -0.2) is 14.8 Å². The molecule has 4 nitrogen and oxygen atoms in total. The molecule has 0 saturated carbocycles. The minimum atomic E-state index is -1.11. The lowest BCUT2D eigenvalue weighted by molar-refractivity contribution is 0.0683. The van der Waals surface area contributed by atoms with Gasteiger partial charge in [0.05, 0.1) is 5.69 Å². The van der Waals surface area contributed by atoms with Crippen molar-refractivity contribution in [2.75, 3.05) is 0 Å². The SMILES string of the molecule is Cc1cc(-c2ccc(C)c(C)c2C)nc(C(=O)O)n1. The van der Waals surface area contributed by atoms with Crippen molar-refractivity contribution in [3.8, 4) is 11.3 Å². The number of aromatic nitrogens is 2. The van der Waals surface area contributed by atoms with Gasteiger partial charge in [-0.3, -0.25) is 0 Å². The lowest BCUT2D eigenvalue weighted by atomic mass is 9.96. The summed E-state index contributed by atoms with van der Waals surface area (Å²) in [7, 11) is 0. The molecule has 0 spiro atoms. The molecule has 98 valence electrons. The fourth-order valence-electron chi connectivity index (χ4n) is 2.04. The summed E-state index contributed by atoms with van der Waals surface area (Å²) in [4.78, 5) is 19.1. The van der Waals surface area contributed by atoms with E-state index in [9.17, 15) is 4.79 Å². The van der Waals surface area contributed by atoms with Crippen molar-refractivity contribution in [2.45, 2.75) is 27.7 Å². The van der Waals surface area contributed by atoms with Crippen LogP contribution in [0.15, 0.2) is 18.2 Å². The molecule has 0 fully saturated rings. The summed E-state index contributed by atoms with van der Waals surface area (Å²) in [5.41, 5.74) is 5.80. The van der Waals surface area contributed by atoms with Crippen molar-refractivity contribution in [3.63, 3.8) is 0 Å². The maximum atomic E-state index is 11.0. The highest BCUT2D eigenvalue weighted by Gasteiger charge is 2.13. The number of benzene rings is 1. The van der Waals surface area contributed by atoms with Crippen LogP contribution >= 0.6 is 0 Å². The summed E-state index contributed by atoms with van der Waals surface area (Å²) >= 11 is 0. The van der Waals surface area contributed by atoms with Crippen LogP contribution in [0.3, 0.4) is 0 Å². The van der Waals surface area contributed by atoms with Crippen LogP contribution in [0, 0.1) is 27.7 Å². The van der Waals surface area contributed by atoms with Gasteiger partial charge < -0.3 is 5.11 Å². The highest BCUT2D eigenvalue weighted by molar-refractivity contribution is 5.84. The average Bonchev–Trinajstić information content (AvgIpc) is 2.35. The summed E-state index contributed by atoms with van der Waals surface area (Å²) in [6, 6.07) is 5.81. The number of aromatic carboxylic acids is 1. The predicted octanol–water partition coefficient (Wildman–Crippen LogP) is 3.08. The van der Waals surface area contributed by atoms with E-state index in [1.807, 2.05) is 25.1 Å². The minimum Gasteiger partial charge on any atom is -0.475 e. The van der Waals surface area contributed by atoms with Crippen molar-refractivity contribution in [3.05, 3.63) is 46.4 Å². The third-order valence-corrected chi connectivity index (χ3v) is 3.38. The quantitative estimate of drug-likeness (QED) is 0.896. The van der Waals surface area contributed by atoms with Crippen molar-refractivity contribution < 1.29 is 9.90 Å². The van der Waals surface area contributed by atoms with E-state index in [-0.39, 0.29) is 5.82 Å². The number of carboxylic acids is 1. The molecule has 0 bridgehead atoms. The molecule has 4 heteroatoms. The second-order valence-electron chi connectivity index (χ2n) is 4.70. The van der Waals surface area contributed by atoms with Crippen LogP contribution in [0.5, 0.6) is 0 Å². The second-order valence-corrected chi connectivity index (χ2v) is 4.70. The van der Waals surface area contributed by atoms with Gasteiger partial charge in [-0.1, -0.05) is 12.1 Å². The van der Waals surface area contributed by atoms with E-state index in [4.69, 9.17) is 5.11 Å². The number of nitrogens with zero attached hydrogens (tertiary/aromatic N) is 2. The molecule has 2 aromatic rings. The van der Waals surface area contributed by atoms with E-state index in [2.05, 4.69) is 23.8 Å². The Labute approximate surface area is 112 Å². The third-order valence-electron chi connectivity index (χ3n) is 3.38. The van der Waals surface area contributed by atoms with Crippen molar-refractivity contribution in [2.24, 2.45) is 0 Å². The highest BCUT2D eigenvalue weighted by atomic mass is 16.4. The number of hydrogen-bond donors (Lipinski definition) is 1. The number of hydrogen-bond acceptors (Lipinski definition) is 3. The van der Waals surface area contributed by atoms with Gasteiger partial charge in [0, 0.05) is 11.3 Å². The van der Waals surface area contributed by atoms with E-state index in [0.29, 0.717) is 11.4 Å². The van der Waals surface area contributed by atoms with Crippen LogP contribution in [0.4, 0.5) is 0 Å². The van der Waals surface area contributed by atoms with E-state index in [0.717, 1.165) is 11.1 Å². The number of carbonyl (C=O) groups is 1. The average molecular weight is 256 g/mol. The monoisotopic (exact) mass is 256 g/mol. The Hall–Kier alpha value is -2.23. The molecule has 0 amide bonds. The van der Waals surface area contributed by atoms with E-state index >= 15 is 0 Å². The molecule has 0 aliphatic carbocycles. The van der Waals surface area contributed by atoms with Crippen LogP contribution in [0.1, 0.15) is 33.0 Å². The first-order valence-corrected chi connectivity index (χ1v) is 6.06. The summed E-state index contributed by atoms with van der Waals surface area (Å²) in [5.74, 6) is -1.26. The molecule has 19 heavy (non-hydrogen) atoms. The van der Waals surface area contributed by atoms with Crippen LogP contribution in [-0.2, 0) is 0 Å². The molecule has 2 rings (SSSR count). The molecule has 0 radical (unpaired) electrons. The van der Waals surface area contributed by atoms with Gasteiger partial charge >= 0.3 is 5.97 Å². The second kappa shape index (κ2) is 4.80. The predicted molar refractivity (Wildman–Crippen MR) is 73.4 cm³/mol. The van der Waals surface area contributed by atoms with Crippen molar-refractivity contribution in [1.82, 2.24) is 9.97 Å². The standard InChI is InChI=1S/C15H16N2O2/c1-8-5-6-12(11(4)10(8)3)13-7-9(2)16-14(17-13)15(18)19/h5-7H,1-4H3,(H,18,19). The van der Waals surface area contributed by atoms with Gasteiger partial charge in [0.1, 0.15) is 0 Å². The summed E-state index contributed by atoms with van der Waals surface area (Å²) in [6.45, 7) is 7.91. The number of carboxylic acid groups (broad SMARTS) is 1. The molecular weight excluding hydrogens is 240 g/mol. The van der Waals surface area contributed by atoms with Crippen LogP contribution in [-0.4, -0.2) is 21.0 Å².